The zero-order valence-electron chi connectivity index (χ0n) is 12.1. The molecule has 6 heteroatoms. The van der Waals surface area contributed by atoms with Gasteiger partial charge in [-0.15, -0.1) is 11.3 Å². The predicted octanol–water partition coefficient (Wildman–Crippen LogP) is 2.64. The smallest absolute Gasteiger partial charge is 0.231 e. The van der Waals surface area contributed by atoms with E-state index in [1.165, 1.54) is 0 Å². The Labute approximate surface area is 128 Å². The molecule has 1 aliphatic heterocycles. The van der Waals surface area contributed by atoms with E-state index in [2.05, 4.69) is 10.1 Å². The highest BCUT2D eigenvalue weighted by Gasteiger charge is 2.28. The van der Waals surface area contributed by atoms with Gasteiger partial charge in [-0.05, 0) is 24.3 Å². The molecule has 0 saturated carbocycles. The fourth-order valence-corrected chi connectivity index (χ4v) is 3.35. The molecule has 1 saturated heterocycles. The SMILES string of the molecule is CCc1noc(C2CCCN(C(=O)Cc3cccs3)C2)n1. The summed E-state index contributed by atoms with van der Waals surface area (Å²) in [5, 5.41) is 5.96. The summed E-state index contributed by atoms with van der Waals surface area (Å²) in [5.41, 5.74) is 0. The third-order valence-corrected chi connectivity index (χ3v) is 4.71. The van der Waals surface area contributed by atoms with Gasteiger partial charge in [0.05, 0.1) is 12.3 Å². The van der Waals surface area contributed by atoms with Crippen LogP contribution in [0.4, 0.5) is 0 Å². The zero-order valence-corrected chi connectivity index (χ0v) is 12.9. The lowest BCUT2D eigenvalue weighted by molar-refractivity contribution is -0.131. The van der Waals surface area contributed by atoms with E-state index < -0.39 is 0 Å². The minimum atomic E-state index is 0.179. The molecule has 2 aromatic rings. The number of aromatic nitrogens is 2. The molecule has 5 nitrogen and oxygen atoms in total. The second kappa shape index (κ2) is 6.39. The fraction of sp³-hybridized carbons (Fsp3) is 0.533. The zero-order chi connectivity index (χ0) is 14.7. The van der Waals surface area contributed by atoms with Gasteiger partial charge in [-0.3, -0.25) is 4.79 Å². The van der Waals surface area contributed by atoms with E-state index in [0.29, 0.717) is 18.9 Å². The normalized spacial score (nSPS) is 18.9. The summed E-state index contributed by atoms with van der Waals surface area (Å²) in [6.45, 7) is 3.53. The number of nitrogens with zero attached hydrogens (tertiary/aromatic N) is 3. The second-order valence-corrected chi connectivity index (χ2v) is 6.37. The Balaban J connectivity index is 1.63. The third kappa shape index (κ3) is 3.32. The van der Waals surface area contributed by atoms with Gasteiger partial charge >= 0.3 is 0 Å². The molecular weight excluding hydrogens is 286 g/mol. The molecule has 1 fully saturated rings. The van der Waals surface area contributed by atoms with Gasteiger partial charge in [0.1, 0.15) is 0 Å². The lowest BCUT2D eigenvalue weighted by atomic mass is 9.97. The molecule has 0 aromatic carbocycles. The van der Waals surface area contributed by atoms with Crippen LogP contribution >= 0.6 is 11.3 Å². The van der Waals surface area contributed by atoms with Crippen LogP contribution in [-0.4, -0.2) is 34.0 Å². The number of piperidine rings is 1. The number of hydrogen-bond donors (Lipinski definition) is 0. The molecule has 21 heavy (non-hydrogen) atoms. The molecule has 112 valence electrons. The summed E-state index contributed by atoms with van der Waals surface area (Å²) >= 11 is 1.63. The molecule has 2 aromatic heterocycles. The third-order valence-electron chi connectivity index (χ3n) is 3.83. The molecule has 1 amide bonds. The Morgan fingerprint density at radius 2 is 2.48 bits per heavy atom. The van der Waals surface area contributed by atoms with Gasteiger partial charge in [0.25, 0.3) is 0 Å². The summed E-state index contributed by atoms with van der Waals surface area (Å²) in [7, 11) is 0. The standard InChI is InChI=1S/C15H19N3O2S/c1-2-13-16-15(20-17-13)11-5-3-7-18(10-11)14(19)9-12-6-4-8-21-12/h4,6,8,11H,2-3,5,7,9-10H2,1H3. The van der Waals surface area contributed by atoms with Crippen LogP contribution in [0.15, 0.2) is 22.0 Å². The average molecular weight is 305 g/mol. The lowest BCUT2D eigenvalue weighted by Gasteiger charge is -2.31. The van der Waals surface area contributed by atoms with Crippen LogP contribution in [0.2, 0.25) is 0 Å². The number of carbonyl (C=O) groups excluding carboxylic acids is 1. The molecular formula is C15H19N3O2S. The maximum Gasteiger partial charge on any atom is 0.231 e. The Hall–Kier alpha value is -1.69. The molecule has 1 aliphatic rings. The van der Waals surface area contributed by atoms with Gasteiger partial charge < -0.3 is 9.42 Å². The molecule has 0 aliphatic carbocycles. The quantitative estimate of drug-likeness (QED) is 0.871. The Bertz CT molecular complexity index is 594. The van der Waals surface area contributed by atoms with Crippen molar-refractivity contribution < 1.29 is 9.32 Å². The topological polar surface area (TPSA) is 59.2 Å². The van der Waals surface area contributed by atoms with Crippen LogP contribution in [0.3, 0.4) is 0 Å². The van der Waals surface area contributed by atoms with Crippen molar-refractivity contribution in [2.45, 2.75) is 38.5 Å². The van der Waals surface area contributed by atoms with E-state index in [1.807, 2.05) is 29.3 Å². The number of aryl methyl sites for hydroxylation is 1. The molecule has 3 heterocycles. The van der Waals surface area contributed by atoms with Crippen LogP contribution in [0.25, 0.3) is 0 Å². The van der Waals surface area contributed by atoms with Crippen LogP contribution in [-0.2, 0) is 17.6 Å². The number of amides is 1. The van der Waals surface area contributed by atoms with Crippen molar-refractivity contribution in [3.63, 3.8) is 0 Å². The van der Waals surface area contributed by atoms with Crippen molar-refractivity contribution in [1.82, 2.24) is 15.0 Å². The van der Waals surface area contributed by atoms with Crippen LogP contribution in [0, 0.1) is 0 Å². The Morgan fingerprint density at radius 3 is 3.19 bits per heavy atom. The Morgan fingerprint density at radius 1 is 1.57 bits per heavy atom. The molecule has 0 N–H and O–H groups in total. The van der Waals surface area contributed by atoms with E-state index in [1.54, 1.807) is 11.3 Å². The largest absolute Gasteiger partial charge is 0.342 e. The highest BCUT2D eigenvalue weighted by atomic mass is 32.1. The van der Waals surface area contributed by atoms with Crippen LogP contribution < -0.4 is 0 Å². The van der Waals surface area contributed by atoms with Crippen molar-refractivity contribution in [3.05, 3.63) is 34.1 Å². The number of carbonyl (C=O) groups is 1. The predicted molar refractivity (Wildman–Crippen MR) is 80.3 cm³/mol. The lowest BCUT2D eigenvalue weighted by Crippen LogP contribution is -2.39. The minimum Gasteiger partial charge on any atom is -0.342 e. The first kappa shape index (κ1) is 14.3. The molecule has 3 rings (SSSR count). The highest BCUT2D eigenvalue weighted by molar-refractivity contribution is 7.10. The van der Waals surface area contributed by atoms with E-state index in [4.69, 9.17) is 4.52 Å². The van der Waals surface area contributed by atoms with Crippen molar-refractivity contribution in [1.29, 1.82) is 0 Å². The first-order valence-corrected chi connectivity index (χ1v) is 8.27. The summed E-state index contributed by atoms with van der Waals surface area (Å²) in [5.74, 6) is 1.80. The number of thiophene rings is 1. The van der Waals surface area contributed by atoms with E-state index >= 15 is 0 Å². The summed E-state index contributed by atoms with van der Waals surface area (Å²) in [6, 6.07) is 3.99. The summed E-state index contributed by atoms with van der Waals surface area (Å²) in [6.07, 6.45) is 3.27. The molecule has 0 spiro atoms. The summed E-state index contributed by atoms with van der Waals surface area (Å²) < 4.78 is 5.33. The maximum atomic E-state index is 12.4. The highest BCUT2D eigenvalue weighted by Crippen LogP contribution is 2.26. The van der Waals surface area contributed by atoms with Crippen LogP contribution in [0.1, 0.15) is 42.3 Å². The van der Waals surface area contributed by atoms with E-state index in [0.717, 1.165) is 36.5 Å². The van der Waals surface area contributed by atoms with Crippen molar-refractivity contribution in [3.8, 4) is 0 Å². The number of hydrogen-bond acceptors (Lipinski definition) is 5. The van der Waals surface area contributed by atoms with Gasteiger partial charge in [0, 0.05) is 24.4 Å². The minimum absolute atomic E-state index is 0.179. The first-order chi connectivity index (χ1) is 10.3. The van der Waals surface area contributed by atoms with Gasteiger partial charge in [0.2, 0.25) is 11.8 Å². The monoisotopic (exact) mass is 305 g/mol. The molecule has 1 atom stereocenters. The Kier molecular flexibility index (Phi) is 4.34. The fourth-order valence-electron chi connectivity index (χ4n) is 2.66. The van der Waals surface area contributed by atoms with Gasteiger partial charge in [0.15, 0.2) is 5.82 Å². The van der Waals surface area contributed by atoms with Gasteiger partial charge in [-0.2, -0.15) is 4.98 Å². The molecule has 0 bridgehead atoms. The van der Waals surface area contributed by atoms with Gasteiger partial charge in [-0.25, -0.2) is 0 Å². The first-order valence-electron chi connectivity index (χ1n) is 7.39. The van der Waals surface area contributed by atoms with E-state index in [9.17, 15) is 4.79 Å². The molecule has 1 unspecified atom stereocenters. The molecule has 0 radical (unpaired) electrons. The van der Waals surface area contributed by atoms with Crippen molar-refractivity contribution >= 4 is 17.2 Å². The van der Waals surface area contributed by atoms with Crippen molar-refractivity contribution in [2.24, 2.45) is 0 Å². The van der Waals surface area contributed by atoms with Gasteiger partial charge in [-0.1, -0.05) is 18.1 Å². The van der Waals surface area contributed by atoms with Crippen LogP contribution in [0.5, 0.6) is 0 Å². The summed E-state index contributed by atoms with van der Waals surface area (Å²) in [4.78, 5) is 19.8. The van der Waals surface area contributed by atoms with Crippen molar-refractivity contribution in [2.75, 3.05) is 13.1 Å². The average Bonchev–Trinajstić information content (AvgIpc) is 3.18. The maximum absolute atomic E-state index is 12.4. The number of likely N-dealkylation sites (tertiary alicyclic amines) is 1. The number of rotatable bonds is 4. The van der Waals surface area contributed by atoms with E-state index in [-0.39, 0.29) is 11.8 Å². The second-order valence-electron chi connectivity index (χ2n) is 5.34.